The molecule has 2 aliphatic rings. The first-order valence-electron chi connectivity index (χ1n) is 10.0. The van der Waals surface area contributed by atoms with E-state index in [9.17, 15) is 14.4 Å². The van der Waals surface area contributed by atoms with Gasteiger partial charge in [-0.25, -0.2) is 4.68 Å². The summed E-state index contributed by atoms with van der Waals surface area (Å²) in [5, 5.41) is 4.28. The van der Waals surface area contributed by atoms with Crippen molar-refractivity contribution in [2.75, 3.05) is 31.9 Å². The molecule has 152 valence electrons. The van der Waals surface area contributed by atoms with Crippen molar-refractivity contribution < 1.29 is 14.4 Å². The predicted octanol–water partition coefficient (Wildman–Crippen LogP) is 1.50. The molecule has 0 bridgehead atoms. The first-order valence-corrected chi connectivity index (χ1v) is 10.0. The molecule has 2 N–H and O–H groups in total. The summed E-state index contributed by atoms with van der Waals surface area (Å²) in [6.07, 6.45) is 4.29. The number of ketones is 1. The third-order valence-corrected chi connectivity index (χ3v) is 5.72. The number of rotatable bonds is 5. The maximum atomic E-state index is 13.1. The predicted molar refractivity (Wildman–Crippen MR) is 107 cm³/mol. The molecule has 8 heteroatoms. The van der Waals surface area contributed by atoms with E-state index in [0.29, 0.717) is 43.9 Å². The number of anilines is 1. The number of likely N-dealkylation sites (tertiary alicyclic amines) is 2. The minimum absolute atomic E-state index is 0.0316. The molecule has 29 heavy (non-hydrogen) atoms. The molecule has 8 nitrogen and oxygen atoms in total. The van der Waals surface area contributed by atoms with Crippen molar-refractivity contribution in [3.05, 3.63) is 42.1 Å². The maximum absolute atomic E-state index is 13.1. The zero-order chi connectivity index (χ0) is 20.4. The van der Waals surface area contributed by atoms with E-state index in [1.54, 1.807) is 14.5 Å². The summed E-state index contributed by atoms with van der Waals surface area (Å²) < 4.78 is 1.55. The quantitative estimate of drug-likeness (QED) is 0.773. The van der Waals surface area contributed by atoms with Crippen molar-refractivity contribution in [2.24, 2.45) is 5.92 Å². The molecular weight excluding hydrogens is 370 g/mol. The highest BCUT2D eigenvalue weighted by Crippen LogP contribution is 2.25. The van der Waals surface area contributed by atoms with Crippen LogP contribution in [0, 0.1) is 5.92 Å². The molecule has 2 aromatic rings. The monoisotopic (exact) mass is 395 g/mol. The van der Waals surface area contributed by atoms with E-state index in [-0.39, 0.29) is 30.1 Å². The van der Waals surface area contributed by atoms with Gasteiger partial charge in [0.15, 0.2) is 5.78 Å². The zero-order valence-electron chi connectivity index (χ0n) is 16.3. The molecule has 0 aliphatic carbocycles. The second-order valence-electron chi connectivity index (χ2n) is 7.65. The molecule has 2 aliphatic heterocycles. The summed E-state index contributed by atoms with van der Waals surface area (Å²) in [6, 6.07) is 9.41. The van der Waals surface area contributed by atoms with Gasteiger partial charge in [-0.2, -0.15) is 5.10 Å². The third-order valence-electron chi connectivity index (χ3n) is 5.72. The number of aromatic nitrogens is 2. The largest absolute Gasteiger partial charge is 0.383 e. The van der Waals surface area contributed by atoms with Crippen LogP contribution < -0.4 is 5.73 Å². The number of hydrogen-bond donors (Lipinski definition) is 1. The number of carbonyl (C=O) groups excluding carboxylic acids is 3. The Labute approximate surface area is 169 Å². The zero-order valence-corrected chi connectivity index (χ0v) is 16.3. The number of carbonyl (C=O) groups is 3. The van der Waals surface area contributed by atoms with Crippen LogP contribution in [0.2, 0.25) is 0 Å². The van der Waals surface area contributed by atoms with Crippen LogP contribution in [0.15, 0.2) is 36.5 Å². The van der Waals surface area contributed by atoms with Gasteiger partial charge in [0.1, 0.15) is 5.82 Å². The van der Waals surface area contributed by atoms with Gasteiger partial charge in [0.2, 0.25) is 11.8 Å². The topological polar surface area (TPSA) is 102 Å². The van der Waals surface area contributed by atoms with Crippen molar-refractivity contribution in [3.63, 3.8) is 0 Å². The number of piperidine rings is 1. The van der Waals surface area contributed by atoms with Crippen LogP contribution in [0.25, 0.3) is 5.69 Å². The van der Waals surface area contributed by atoms with Gasteiger partial charge in [-0.3, -0.25) is 14.4 Å². The van der Waals surface area contributed by atoms with Crippen LogP contribution in [0.3, 0.4) is 0 Å². The Hall–Kier alpha value is -3.16. The molecule has 0 spiro atoms. The molecule has 1 atom stereocenters. The number of nitrogens with two attached hydrogens (primary N) is 1. The number of nitrogens with zero attached hydrogens (tertiary/aromatic N) is 4. The van der Waals surface area contributed by atoms with Crippen LogP contribution in [-0.4, -0.2) is 63.4 Å². The van der Waals surface area contributed by atoms with Crippen LogP contribution >= 0.6 is 0 Å². The number of nitrogen functional groups attached to an aromatic ring is 1. The highest BCUT2D eigenvalue weighted by Gasteiger charge is 2.32. The normalized spacial score (nSPS) is 19.6. The van der Waals surface area contributed by atoms with E-state index in [4.69, 9.17) is 5.73 Å². The molecular formula is C21H25N5O3. The number of benzene rings is 1. The number of para-hydroxylation sites is 1. The van der Waals surface area contributed by atoms with Crippen molar-refractivity contribution in [1.82, 2.24) is 19.6 Å². The molecule has 1 aromatic carbocycles. The Morgan fingerprint density at radius 3 is 2.66 bits per heavy atom. The van der Waals surface area contributed by atoms with E-state index >= 15 is 0 Å². The van der Waals surface area contributed by atoms with Gasteiger partial charge >= 0.3 is 0 Å². The lowest BCUT2D eigenvalue weighted by Crippen LogP contribution is -2.46. The number of amides is 2. The molecule has 2 fully saturated rings. The second-order valence-corrected chi connectivity index (χ2v) is 7.65. The smallest absolute Gasteiger partial charge is 0.242 e. The highest BCUT2D eigenvalue weighted by atomic mass is 16.2. The Bertz CT molecular complexity index is 924. The standard InChI is InChI=1S/C21H25N5O3/c22-21-17(12-23-26(21)16-7-2-1-3-8-16)20(29)15-6-4-10-24(13-15)19(28)14-25-11-5-9-18(25)27/h1-3,7-8,12,15H,4-6,9-11,13-14,22H2. The Morgan fingerprint density at radius 2 is 1.93 bits per heavy atom. The average molecular weight is 395 g/mol. The van der Waals surface area contributed by atoms with Crippen LogP contribution in [0.5, 0.6) is 0 Å². The van der Waals surface area contributed by atoms with Crippen molar-refractivity contribution in [2.45, 2.75) is 25.7 Å². The van der Waals surface area contributed by atoms with Gasteiger partial charge in [-0.1, -0.05) is 18.2 Å². The molecule has 2 amide bonds. The fourth-order valence-electron chi connectivity index (χ4n) is 4.09. The molecule has 2 saturated heterocycles. The number of Topliss-reactive ketones (excluding diaryl/α,β-unsaturated/α-hetero) is 1. The minimum atomic E-state index is -0.308. The van der Waals surface area contributed by atoms with E-state index in [1.807, 2.05) is 30.3 Å². The van der Waals surface area contributed by atoms with Crippen LogP contribution in [0.1, 0.15) is 36.0 Å². The summed E-state index contributed by atoms with van der Waals surface area (Å²) >= 11 is 0. The lowest BCUT2D eigenvalue weighted by Gasteiger charge is -2.33. The molecule has 1 aromatic heterocycles. The molecule has 1 unspecified atom stereocenters. The second kappa shape index (κ2) is 8.06. The van der Waals surface area contributed by atoms with E-state index < -0.39 is 0 Å². The molecule has 3 heterocycles. The van der Waals surface area contributed by atoms with Crippen molar-refractivity contribution >= 4 is 23.4 Å². The Kier molecular flexibility index (Phi) is 5.33. The highest BCUT2D eigenvalue weighted by molar-refractivity contribution is 6.02. The molecule has 0 radical (unpaired) electrons. The van der Waals surface area contributed by atoms with E-state index in [1.165, 1.54) is 6.20 Å². The number of hydrogen-bond acceptors (Lipinski definition) is 5. The van der Waals surface area contributed by atoms with Gasteiger partial charge < -0.3 is 15.5 Å². The van der Waals surface area contributed by atoms with Gasteiger partial charge in [-0.15, -0.1) is 0 Å². The first-order chi connectivity index (χ1) is 14.0. The van der Waals surface area contributed by atoms with Crippen LogP contribution in [-0.2, 0) is 9.59 Å². The average Bonchev–Trinajstić information content (AvgIpc) is 3.33. The minimum Gasteiger partial charge on any atom is -0.383 e. The molecule has 4 rings (SSSR count). The summed E-state index contributed by atoms with van der Waals surface area (Å²) in [4.78, 5) is 40.8. The van der Waals surface area contributed by atoms with E-state index in [2.05, 4.69) is 5.10 Å². The Morgan fingerprint density at radius 1 is 1.14 bits per heavy atom. The summed E-state index contributed by atoms with van der Waals surface area (Å²) in [7, 11) is 0. The lowest BCUT2D eigenvalue weighted by molar-refractivity contribution is -0.139. The lowest BCUT2D eigenvalue weighted by atomic mass is 9.90. The fraction of sp³-hybridized carbons (Fsp3) is 0.429. The summed E-state index contributed by atoms with van der Waals surface area (Å²) in [5.74, 6) is -0.140. The van der Waals surface area contributed by atoms with Crippen molar-refractivity contribution in [3.8, 4) is 5.69 Å². The summed E-state index contributed by atoms with van der Waals surface area (Å²) in [5.41, 5.74) is 7.40. The Balaban J connectivity index is 1.44. The van der Waals surface area contributed by atoms with Gasteiger partial charge in [-0.05, 0) is 31.4 Å². The first kappa shape index (κ1) is 19.2. The van der Waals surface area contributed by atoms with Gasteiger partial charge in [0.25, 0.3) is 0 Å². The SMILES string of the molecule is Nc1c(C(=O)C2CCCN(C(=O)CN3CCCC3=O)C2)cnn1-c1ccccc1. The van der Waals surface area contributed by atoms with Gasteiger partial charge in [0.05, 0.1) is 24.0 Å². The van der Waals surface area contributed by atoms with Crippen molar-refractivity contribution in [1.29, 1.82) is 0 Å². The van der Waals surface area contributed by atoms with Gasteiger partial charge in [0, 0.05) is 32.0 Å². The maximum Gasteiger partial charge on any atom is 0.242 e. The van der Waals surface area contributed by atoms with Crippen LogP contribution in [0.4, 0.5) is 5.82 Å². The third kappa shape index (κ3) is 3.87. The molecule has 0 saturated carbocycles. The summed E-state index contributed by atoms with van der Waals surface area (Å²) in [6.45, 7) is 1.71. The van der Waals surface area contributed by atoms with E-state index in [0.717, 1.165) is 18.5 Å². The fourth-order valence-corrected chi connectivity index (χ4v) is 4.09.